The summed E-state index contributed by atoms with van der Waals surface area (Å²) in [6, 6.07) is 15.9. The van der Waals surface area contributed by atoms with Crippen molar-refractivity contribution in [3.05, 3.63) is 65.7 Å². The summed E-state index contributed by atoms with van der Waals surface area (Å²) in [5, 5.41) is 3.23. The molecule has 2 unspecified atom stereocenters. The van der Waals surface area contributed by atoms with Crippen molar-refractivity contribution < 1.29 is 23.9 Å². The van der Waals surface area contributed by atoms with Gasteiger partial charge in [0.25, 0.3) is 0 Å². The van der Waals surface area contributed by atoms with Gasteiger partial charge in [0.15, 0.2) is 0 Å². The number of esters is 2. The number of amides is 1. The second-order valence-corrected chi connectivity index (χ2v) is 9.52. The molecular weight excluding hydrogens is 420 g/mol. The van der Waals surface area contributed by atoms with Crippen molar-refractivity contribution in [1.82, 2.24) is 5.32 Å². The number of cyclic esters (lactones) is 1. The fourth-order valence-electron chi connectivity index (χ4n) is 4.37. The van der Waals surface area contributed by atoms with Crippen LogP contribution in [-0.2, 0) is 30.3 Å². The molecule has 2 aromatic rings. The Kier molecular flexibility index (Phi) is 6.51. The van der Waals surface area contributed by atoms with E-state index < -0.39 is 23.7 Å². The second kappa shape index (κ2) is 9.35. The Labute approximate surface area is 194 Å². The van der Waals surface area contributed by atoms with E-state index in [2.05, 4.69) is 5.32 Å². The van der Waals surface area contributed by atoms with Gasteiger partial charge in [-0.2, -0.15) is 0 Å². The maximum Gasteiger partial charge on any atom is 0.326 e. The van der Waals surface area contributed by atoms with Gasteiger partial charge < -0.3 is 9.47 Å². The Bertz CT molecular complexity index is 1030. The van der Waals surface area contributed by atoms with Crippen molar-refractivity contribution in [2.45, 2.75) is 63.8 Å². The highest BCUT2D eigenvalue weighted by Gasteiger charge is 2.40. The van der Waals surface area contributed by atoms with Crippen LogP contribution in [0.3, 0.4) is 0 Å². The Balaban J connectivity index is 1.52. The molecule has 2 aliphatic rings. The van der Waals surface area contributed by atoms with E-state index in [1.54, 1.807) is 20.8 Å². The number of benzene rings is 2. The third-order valence-corrected chi connectivity index (χ3v) is 5.82. The maximum absolute atomic E-state index is 13.6. The first-order valence-corrected chi connectivity index (χ1v) is 11.3. The highest BCUT2D eigenvalue weighted by Crippen LogP contribution is 2.32. The van der Waals surface area contributed by atoms with Gasteiger partial charge in [0.2, 0.25) is 5.91 Å². The number of nitrogens with zero attached hydrogens (tertiary/aromatic N) is 1. The van der Waals surface area contributed by atoms with Gasteiger partial charge in [-0.15, -0.1) is 0 Å². The number of para-hydroxylation sites is 1. The summed E-state index contributed by atoms with van der Waals surface area (Å²) in [6.07, 6.45) is 1.27. The zero-order valence-electron chi connectivity index (χ0n) is 19.2. The minimum atomic E-state index is -0.650. The SMILES string of the molecule is CC(C)(C)OC(=O)CN1C(=O)[C@@H](NC2CC(c3ccccc3)OC2=O)CCc2ccccc21. The van der Waals surface area contributed by atoms with Gasteiger partial charge in [-0.25, -0.2) is 0 Å². The van der Waals surface area contributed by atoms with Crippen molar-refractivity contribution in [3.8, 4) is 0 Å². The molecule has 0 bridgehead atoms. The molecule has 2 heterocycles. The van der Waals surface area contributed by atoms with E-state index in [1.807, 2.05) is 54.6 Å². The molecule has 3 atom stereocenters. The van der Waals surface area contributed by atoms with Crippen molar-refractivity contribution in [2.75, 3.05) is 11.4 Å². The van der Waals surface area contributed by atoms with E-state index in [9.17, 15) is 14.4 Å². The molecule has 0 saturated carbocycles. The molecular formula is C26H30N2O5. The van der Waals surface area contributed by atoms with Crippen molar-refractivity contribution in [1.29, 1.82) is 0 Å². The lowest BCUT2D eigenvalue weighted by molar-refractivity contribution is -0.153. The number of aryl methyl sites for hydroxylation is 1. The van der Waals surface area contributed by atoms with Crippen LogP contribution in [-0.4, -0.2) is 42.1 Å². The average molecular weight is 451 g/mol. The molecule has 7 nitrogen and oxygen atoms in total. The predicted octanol–water partition coefficient (Wildman–Crippen LogP) is 3.32. The van der Waals surface area contributed by atoms with Crippen LogP contribution in [0.15, 0.2) is 54.6 Å². The Morgan fingerprint density at radius 1 is 1.06 bits per heavy atom. The number of hydrogen-bond donors (Lipinski definition) is 1. The summed E-state index contributed by atoms with van der Waals surface area (Å²) in [7, 11) is 0. The third kappa shape index (κ3) is 5.42. The van der Waals surface area contributed by atoms with Crippen LogP contribution in [0.2, 0.25) is 0 Å². The molecule has 2 aliphatic heterocycles. The van der Waals surface area contributed by atoms with Crippen LogP contribution in [0.25, 0.3) is 0 Å². The van der Waals surface area contributed by atoms with Gasteiger partial charge >= 0.3 is 11.9 Å². The topological polar surface area (TPSA) is 84.9 Å². The molecule has 0 spiro atoms. The first kappa shape index (κ1) is 23.0. The monoisotopic (exact) mass is 450 g/mol. The largest absolute Gasteiger partial charge is 0.459 e. The normalized spacial score (nSPS) is 23.0. The summed E-state index contributed by atoms with van der Waals surface area (Å²) in [5.41, 5.74) is 1.97. The highest BCUT2D eigenvalue weighted by atomic mass is 16.6. The number of ether oxygens (including phenoxy) is 2. The van der Waals surface area contributed by atoms with Gasteiger partial charge in [-0.05, 0) is 50.8 Å². The summed E-state index contributed by atoms with van der Waals surface area (Å²) in [4.78, 5) is 40.2. The minimum absolute atomic E-state index is 0.187. The smallest absolute Gasteiger partial charge is 0.326 e. The summed E-state index contributed by atoms with van der Waals surface area (Å²) in [6.45, 7) is 5.19. The lowest BCUT2D eigenvalue weighted by Crippen LogP contribution is -2.52. The van der Waals surface area contributed by atoms with Gasteiger partial charge in [-0.3, -0.25) is 24.6 Å². The fraction of sp³-hybridized carbons (Fsp3) is 0.423. The van der Waals surface area contributed by atoms with E-state index in [0.717, 1.165) is 11.1 Å². The van der Waals surface area contributed by atoms with Crippen molar-refractivity contribution in [3.63, 3.8) is 0 Å². The van der Waals surface area contributed by atoms with E-state index in [4.69, 9.17) is 9.47 Å². The van der Waals surface area contributed by atoms with Crippen molar-refractivity contribution in [2.24, 2.45) is 0 Å². The number of hydrogen-bond acceptors (Lipinski definition) is 6. The molecule has 1 saturated heterocycles. The maximum atomic E-state index is 13.6. The third-order valence-electron chi connectivity index (χ3n) is 5.82. The first-order valence-electron chi connectivity index (χ1n) is 11.3. The van der Waals surface area contributed by atoms with Crippen LogP contribution in [0.1, 0.15) is 50.8 Å². The summed E-state index contributed by atoms with van der Waals surface area (Å²) in [5.74, 6) is -1.09. The number of rotatable bonds is 5. The molecule has 1 N–H and O–H groups in total. The van der Waals surface area contributed by atoms with Crippen LogP contribution >= 0.6 is 0 Å². The lowest BCUT2D eigenvalue weighted by Gasteiger charge is -2.28. The molecule has 7 heteroatoms. The Morgan fingerprint density at radius 2 is 1.76 bits per heavy atom. The van der Waals surface area contributed by atoms with Crippen LogP contribution < -0.4 is 10.2 Å². The van der Waals surface area contributed by atoms with Crippen LogP contribution in [0.4, 0.5) is 5.69 Å². The minimum Gasteiger partial charge on any atom is -0.459 e. The number of carbonyl (C=O) groups is 3. The molecule has 1 fully saturated rings. The lowest BCUT2D eigenvalue weighted by atomic mass is 10.0. The van der Waals surface area contributed by atoms with Gasteiger partial charge in [0, 0.05) is 12.1 Å². The van der Waals surface area contributed by atoms with E-state index in [1.165, 1.54) is 4.90 Å². The molecule has 0 radical (unpaired) electrons. The predicted molar refractivity (Wildman–Crippen MR) is 124 cm³/mol. The number of fused-ring (bicyclic) bond motifs is 1. The second-order valence-electron chi connectivity index (χ2n) is 9.52. The summed E-state index contributed by atoms with van der Waals surface area (Å²) < 4.78 is 11.0. The van der Waals surface area contributed by atoms with Gasteiger partial charge in [0.05, 0.1) is 6.04 Å². The Hall–Kier alpha value is -3.19. The fourth-order valence-corrected chi connectivity index (χ4v) is 4.37. The van der Waals surface area contributed by atoms with Gasteiger partial charge in [0.1, 0.15) is 24.3 Å². The average Bonchev–Trinajstić information content (AvgIpc) is 3.08. The Morgan fingerprint density at radius 3 is 2.48 bits per heavy atom. The number of nitrogens with one attached hydrogen (secondary N) is 1. The van der Waals surface area contributed by atoms with Crippen LogP contribution in [0.5, 0.6) is 0 Å². The number of anilines is 1. The standard InChI is InChI=1S/C26H30N2O5/c1-26(2,3)33-23(29)16-28-21-12-8-7-9-17(21)13-14-19(24(28)30)27-20-15-22(32-25(20)31)18-10-5-4-6-11-18/h4-12,19-20,22,27H,13-16H2,1-3H3/t19-,20?,22?/m0/s1. The zero-order chi connectivity index (χ0) is 23.6. The zero-order valence-corrected chi connectivity index (χ0v) is 19.2. The first-order chi connectivity index (χ1) is 15.7. The molecule has 1 amide bonds. The highest BCUT2D eigenvalue weighted by molar-refractivity contribution is 6.02. The molecule has 174 valence electrons. The van der Waals surface area contributed by atoms with E-state index in [0.29, 0.717) is 24.9 Å². The van der Waals surface area contributed by atoms with Crippen LogP contribution in [0, 0.1) is 0 Å². The summed E-state index contributed by atoms with van der Waals surface area (Å²) >= 11 is 0. The molecule has 0 aliphatic carbocycles. The number of carbonyl (C=O) groups excluding carboxylic acids is 3. The molecule has 0 aromatic heterocycles. The molecule has 33 heavy (non-hydrogen) atoms. The molecule has 2 aromatic carbocycles. The quantitative estimate of drug-likeness (QED) is 0.704. The van der Waals surface area contributed by atoms with Gasteiger partial charge in [-0.1, -0.05) is 48.5 Å². The van der Waals surface area contributed by atoms with E-state index >= 15 is 0 Å². The van der Waals surface area contributed by atoms with Crippen molar-refractivity contribution >= 4 is 23.5 Å². The molecule has 4 rings (SSSR count). The van der Waals surface area contributed by atoms with E-state index in [-0.39, 0.29) is 24.5 Å².